The smallest absolute Gasteiger partial charge is 0.294 e. The number of ketones is 1. The van der Waals surface area contributed by atoms with Crippen LogP contribution in [0.25, 0.3) is 0 Å². The first-order chi connectivity index (χ1) is 8.92. The minimum atomic E-state index is -3.61. The van der Waals surface area contributed by atoms with Gasteiger partial charge in [-0.2, -0.15) is 13.1 Å². The largest absolute Gasteiger partial charge is 0.301 e. The van der Waals surface area contributed by atoms with Crippen LogP contribution in [-0.4, -0.2) is 26.8 Å². The Hall–Kier alpha value is -1.40. The molecule has 0 saturated heterocycles. The highest BCUT2D eigenvalue weighted by atomic mass is 32.2. The van der Waals surface area contributed by atoms with Gasteiger partial charge in [-0.3, -0.25) is 9.10 Å². The third kappa shape index (κ3) is 2.96. The van der Waals surface area contributed by atoms with Crippen molar-refractivity contribution in [3.63, 3.8) is 0 Å². The average Bonchev–Trinajstić information content (AvgIpc) is 2.48. The minimum absolute atomic E-state index is 0.00199. The predicted octanol–water partition coefficient (Wildman–Crippen LogP) is 1.71. The first-order valence-corrected chi connectivity index (χ1v) is 7.78. The lowest BCUT2D eigenvalue weighted by molar-refractivity contribution is 0.0984. The van der Waals surface area contributed by atoms with E-state index in [-0.39, 0.29) is 11.8 Å². The number of benzene rings is 1. The van der Waals surface area contributed by atoms with Crippen LogP contribution in [0.4, 0.5) is 5.69 Å². The van der Waals surface area contributed by atoms with E-state index >= 15 is 0 Å². The third-order valence-electron chi connectivity index (χ3n) is 2.91. The summed E-state index contributed by atoms with van der Waals surface area (Å²) in [6.07, 6.45) is 0.914. The van der Waals surface area contributed by atoms with E-state index in [1.54, 1.807) is 38.1 Å². The van der Waals surface area contributed by atoms with Crippen molar-refractivity contribution in [3.8, 4) is 0 Å². The van der Waals surface area contributed by atoms with E-state index in [1.807, 2.05) is 0 Å². The summed E-state index contributed by atoms with van der Waals surface area (Å²) in [5.41, 5.74) is 0.951. The quantitative estimate of drug-likeness (QED) is 0.917. The van der Waals surface area contributed by atoms with Gasteiger partial charge >= 0.3 is 10.2 Å². The van der Waals surface area contributed by atoms with Crippen molar-refractivity contribution in [2.24, 2.45) is 0 Å². The average molecular weight is 282 g/mol. The Bertz CT molecular complexity index is 581. The van der Waals surface area contributed by atoms with Gasteiger partial charge < -0.3 is 0 Å². The van der Waals surface area contributed by atoms with E-state index in [0.29, 0.717) is 30.6 Å². The molecule has 104 valence electrons. The molecule has 0 spiro atoms. The lowest BCUT2D eigenvalue weighted by Crippen LogP contribution is -2.44. The summed E-state index contributed by atoms with van der Waals surface area (Å²) < 4.78 is 28.5. The molecule has 0 bridgehead atoms. The molecule has 0 atom stereocenters. The number of nitrogens with one attached hydrogen (secondary N) is 1. The monoisotopic (exact) mass is 282 g/mol. The first-order valence-electron chi connectivity index (χ1n) is 6.34. The summed E-state index contributed by atoms with van der Waals surface area (Å²) in [7, 11) is -3.61. The Kier molecular flexibility index (Phi) is 3.91. The standard InChI is InChI=1S/C13H18N2O3S/c1-10(2)14-19(17,18)15-9-5-8-13(16)11-6-3-4-7-12(11)15/h3-4,6-7,10,14H,5,8-9H2,1-2H3. The van der Waals surface area contributed by atoms with Gasteiger partial charge in [0.2, 0.25) is 0 Å². The topological polar surface area (TPSA) is 66.5 Å². The van der Waals surface area contributed by atoms with Gasteiger partial charge in [-0.1, -0.05) is 12.1 Å². The number of anilines is 1. The molecule has 0 amide bonds. The Morgan fingerprint density at radius 1 is 1.26 bits per heavy atom. The molecular formula is C13H18N2O3S. The molecule has 0 aromatic heterocycles. The first kappa shape index (κ1) is 14.0. The molecule has 0 saturated carbocycles. The number of rotatable bonds is 3. The zero-order valence-electron chi connectivity index (χ0n) is 11.1. The maximum absolute atomic E-state index is 12.3. The maximum atomic E-state index is 12.3. The second-order valence-electron chi connectivity index (χ2n) is 4.89. The molecule has 1 N–H and O–H groups in total. The van der Waals surface area contributed by atoms with Gasteiger partial charge in [0, 0.05) is 24.6 Å². The van der Waals surface area contributed by atoms with E-state index in [4.69, 9.17) is 0 Å². The highest BCUT2D eigenvalue weighted by Gasteiger charge is 2.29. The lowest BCUT2D eigenvalue weighted by Gasteiger charge is -2.25. The van der Waals surface area contributed by atoms with E-state index in [9.17, 15) is 13.2 Å². The number of Topliss-reactive ketones (excluding diaryl/α,β-unsaturated/α-hetero) is 1. The molecule has 0 fully saturated rings. The molecule has 6 heteroatoms. The van der Waals surface area contributed by atoms with Crippen LogP contribution >= 0.6 is 0 Å². The van der Waals surface area contributed by atoms with Crippen LogP contribution in [0, 0.1) is 0 Å². The molecule has 5 nitrogen and oxygen atoms in total. The number of carbonyl (C=O) groups is 1. The second kappa shape index (κ2) is 5.30. The van der Waals surface area contributed by atoms with Crippen molar-refractivity contribution in [1.29, 1.82) is 0 Å². The second-order valence-corrected chi connectivity index (χ2v) is 6.52. The van der Waals surface area contributed by atoms with Crippen LogP contribution in [0.1, 0.15) is 37.0 Å². The fourth-order valence-corrected chi connectivity index (χ4v) is 3.69. The summed E-state index contributed by atoms with van der Waals surface area (Å²) in [6, 6.07) is 6.67. The van der Waals surface area contributed by atoms with Crippen molar-refractivity contribution in [1.82, 2.24) is 4.72 Å². The van der Waals surface area contributed by atoms with Crippen molar-refractivity contribution >= 4 is 21.7 Å². The van der Waals surface area contributed by atoms with Gasteiger partial charge in [0.15, 0.2) is 5.78 Å². The molecule has 2 rings (SSSR count). The molecule has 19 heavy (non-hydrogen) atoms. The molecule has 1 aromatic rings. The van der Waals surface area contributed by atoms with E-state index in [2.05, 4.69) is 4.72 Å². The fraction of sp³-hybridized carbons (Fsp3) is 0.462. The van der Waals surface area contributed by atoms with Crippen molar-refractivity contribution < 1.29 is 13.2 Å². The van der Waals surface area contributed by atoms with E-state index in [1.165, 1.54) is 4.31 Å². The molecule has 0 radical (unpaired) electrons. The molecular weight excluding hydrogens is 264 g/mol. The maximum Gasteiger partial charge on any atom is 0.301 e. The number of para-hydroxylation sites is 1. The SMILES string of the molecule is CC(C)NS(=O)(=O)N1CCCC(=O)c2ccccc21. The lowest BCUT2D eigenvalue weighted by atomic mass is 10.1. The number of carbonyl (C=O) groups excluding carboxylic acids is 1. The van der Waals surface area contributed by atoms with Crippen LogP contribution in [0.15, 0.2) is 24.3 Å². The Morgan fingerprint density at radius 3 is 2.63 bits per heavy atom. The predicted molar refractivity (Wildman–Crippen MR) is 74.5 cm³/mol. The minimum Gasteiger partial charge on any atom is -0.294 e. The highest BCUT2D eigenvalue weighted by molar-refractivity contribution is 7.90. The van der Waals surface area contributed by atoms with Crippen LogP contribution in [0.5, 0.6) is 0 Å². The molecule has 1 aliphatic rings. The van der Waals surface area contributed by atoms with Gasteiger partial charge in [0.05, 0.1) is 5.69 Å². The summed E-state index contributed by atoms with van der Waals surface area (Å²) in [5, 5.41) is 0. The van der Waals surface area contributed by atoms with Crippen LogP contribution in [0.3, 0.4) is 0 Å². The van der Waals surface area contributed by atoms with Gasteiger partial charge in [-0.25, -0.2) is 0 Å². The Morgan fingerprint density at radius 2 is 1.95 bits per heavy atom. The van der Waals surface area contributed by atoms with Crippen LogP contribution in [0.2, 0.25) is 0 Å². The zero-order valence-corrected chi connectivity index (χ0v) is 11.9. The van der Waals surface area contributed by atoms with Crippen molar-refractivity contribution in [3.05, 3.63) is 29.8 Å². The Balaban J connectivity index is 2.47. The van der Waals surface area contributed by atoms with Gasteiger partial charge in [0.25, 0.3) is 0 Å². The number of fused-ring (bicyclic) bond motifs is 1. The van der Waals surface area contributed by atoms with Crippen LogP contribution in [-0.2, 0) is 10.2 Å². The normalized spacial score (nSPS) is 16.4. The van der Waals surface area contributed by atoms with E-state index in [0.717, 1.165) is 0 Å². The number of nitrogens with zero attached hydrogens (tertiary/aromatic N) is 1. The highest BCUT2D eigenvalue weighted by Crippen LogP contribution is 2.27. The number of hydrogen-bond acceptors (Lipinski definition) is 3. The molecule has 1 aromatic carbocycles. The molecule has 0 unspecified atom stereocenters. The number of hydrogen-bond donors (Lipinski definition) is 1. The van der Waals surface area contributed by atoms with Gasteiger partial charge in [-0.15, -0.1) is 0 Å². The third-order valence-corrected chi connectivity index (χ3v) is 4.64. The Labute approximate surface area is 113 Å². The zero-order chi connectivity index (χ0) is 14.0. The summed E-state index contributed by atoms with van der Waals surface area (Å²) in [5.74, 6) is -0.00199. The van der Waals surface area contributed by atoms with Crippen molar-refractivity contribution in [2.75, 3.05) is 10.8 Å². The molecule has 0 aliphatic carbocycles. The van der Waals surface area contributed by atoms with E-state index < -0.39 is 10.2 Å². The van der Waals surface area contributed by atoms with Gasteiger partial charge in [0.1, 0.15) is 0 Å². The molecule has 1 aliphatic heterocycles. The summed E-state index contributed by atoms with van der Waals surface area (Å²) >= 11 is 0. The summed E-state index contributed by atoms with van der Waals surface area (Å²) in [6.45, 7) is 3.86. The fourth-order valence-electron chi connectivity index (χ4n) is 2.18. The van der Waals surface area contributed by atoms with Crippen molar-refractivity contribution in [2.45, 2.75) is 32.7 Å². The van der Waals surface area contributed by atoms with Gasteiger partial charge in [-0.05, 0) is 32.4 Å². The van der Waals surface area contributed by atoms with Crippen LogP contribution < -0.4 is 9.03 Å². The molecule has 1 heterocycles. The summed E-state index contributed by atoms with van der Waals surface area (Å²) in [4.78, 5) is 12.0.